The molecule has 1 unspecified atom stereocenters. The summed E-state index contributed by atoms with van der Waals surface area (Å²) in [5.41, 5.74) is 0.544. The molecule has 0 saturated heterocycles. The SMILES string of the molecule is COc1ccc(OC)c(NC(=S)NC(NC(=O)c2cccs2)C(Cl)(Cl)Cl)c1. The Bertz CT molecular complexity index is 798. The normalized spacial score (nSPS) is 12.0. The maximum atomic E-state index is 12.3. The van der Waals surface area contributed by atoms with Crippen LogP contribution in [0, 0.1) is 0 Å². The fraction of sp³-hybridized carbons (Fsp3) is 0.250. The standard InChI is InChI=1S/C16H16Cl3N3O3S2/c1-24-9-5-6-11(25-2)10(8-9)20-15(26)22-14(16(17,18)19)21-13(23)12-4-3-7-27-12/h3-8,14H,1-2H3,(H,21,23)(H2,20,22,26). The highest BCUT2D eigenvalue weighted by Crippen LogP contribution is 2.31. The van der Waals surface area contributed by atoms with Crippen molar-refractivity contribution in [2.45, 2.75) is 9.96 Å². The average molecular weight is 469 g/mol. The van der Waals surface area contributed by atoms with Crippen molar-refractivity contribution >= 4 is 75.1 Å². The van der Waals surface area contributed by atoms with Gasteiger partial charge < -0.3 is 25.4 Å². The van der Waals surface area contributed by atoms with Gasteiger partial charge in [0.1, 0.15) is 17.7 Å². The van der Waals surface area contributed by atoms with Crippen molar-refractivity contribution in [1.82, 2.24) is 10.6 Å². The Labute approximate surface area is 181 Å². The van der Waals surface area contributed by atoms with Crippen molar-refractivity contribution in [2.75, 3.05) is 19.5 Å². The van der Waals surface area contributed by atoms with Crippen molar-refractivity contribution in [2.24, 2.45) is 0 Å². The van der Waals surface area contributed by atoms with Gasteiger partial charge in [0.15, 0.2) is 5.11 Å². The van der Waals surface area contributed by atoms with Gasteiger partial charge in [0.2, 0.25) is 3.79 Å². The maximum Gasteiger partial charge on any atom is 0.263 e. The van der Waals surface area contributed by atoms with E-state index in [2.05, 4.69) is 16.0 Å². The zero-order valence-corrected chi connectivity index (χ0v) is 18.1. The number of thiocarbonyl (C=S) groups is 1. The van der Waals surface area contributed by atoms with Crippen molar-refractivity contribution < 1.29 is 14.3 Å². The van der Waals surface area contributed by atoms with E-state index in [0.29, 0.717) is 22.1 Å². The number of thiophene rings is 1. The van der Waals surface area contributed by atoms with E-state index in [1.54, 1.807) is 42.8 Å². The first kappa shape index (κ1) is 21.8. The van der Waals surface area contributed by atoms with Gasteiger partial charge in [-0.15, -0.1) is 11.3 Å². The number of halogens is 3. The van der Waals surface area contributed by atoms with Crippen molar-refractivity contribution in [3.8, 4) is 11.5 Å². The van der Waals surface area contributed by atoms with Gasteiger partial charge in [0, 0.05) is 6.07 Å². The lowest BCUT2D eigenvalue weighted by Crippen LogP contribution is -2.56. The minimum atomic E-state index is -1.85. The van der Waals surface area contributed by atoms with Gasteiger partial charge in [0.25, 0.3) is 5.91 Å². The monoisotopic (exact) mass is 467 g/mol. The van der Waals surface area contributed by atoms with E-state index in [1.165, 1.54) is 18.4 Å². The molecule has 0 aliphatic heterocycles. The molecule has 0 aliphatic carbocycles. The number of nitrogens with one attached hydrogen (secondary N) is 3. The molecule has 146 valence electrons. The maximum absolute atomic E-state index is 12.3. The molecule has 1 heterocycles. The Morgan fingerprint density at radius 2 is 1.93 bits per heavy atom. The molecule has 0 saturated carbocycles. The van der Waals surface area contributed by atoms with E-state index >= 15 is 0 Å². The molecule has 11 heteroatoms. The van der Waals surface area contributed by atoms with Crippen molar-refractivity contribution in [3.63, 3.8) is 0 Å². The number of rotatable bonds is 6. The van der Waals surface area contributed by atoms with Crippen LogP contribution >= 0.6 is 58.4 Å². The van der Waals surface area contributed by atoms with Gasteiger partial charge in [-0.1, -0.05) is 40.9 Å². The quantitative estimate of drug-likeness (QED) is 0.336. The van der Waals surface area contributed by atoms with Gasteiger partial charge in [-0.3, -0.25) is 4.79 Å². The fourth-order valence-corrected chi connectivity index (χ4v) is 3.19. The van der Waals surface area contributed by atoms with Crippen LogP contribution in [-0.4, -0.2) is 35.2 Å². The lowest BCUT2D eigenvalue weighted by Gasteiger charge is -2.27. The number of benzene rings is 1. The summed E-state index contributed by atoms with van der Waals surface area (Å²) in [7, 11) is 3.07. The van der Waals surface area contributed by atoms with E-state index in [9.17, 15) is 4.79 Å². The predicted molar refractivity (Wildman–Crippen MR) is 115 cm³/mol. The Balaban J connectivity index is 2.11. The highest BCUT2D eigenvalue weighted by molar-refractivity contribution is 7.80. The Morgan fingerprint density at radius 1 is 1.19 bits per heavy atom. The van der Waals surface area contributed by atoms with E-state index < -0.39 is 15.9 Å². The zero-order chi connectivity index (χ0) is 20.0. The number of anilines is 1. The summed E-state index contributed by atoms with van der Waals surface area (Å²) in [6.45, 7) is 0. The predicted octanol–water partition coefficient (Wildman–Crippen LogP) is 4.18. The molecule has 2 aromatic rings. The molecule has 0 fully saturated rings. The Hall–Kier alpha value is -1.45. The second kappa shape index (κ2) is 9.66. The number of methoxy groups -OCH3 is 2. The first-order valence-electron chi connectivity index (χ1n) is 7.45. The molecule has 1 amide bonds. The molecule has 0 radical (unpaired) electrons. The van der Waals surface area contributed by atoms with E-state index in [-0.39, 0.29) is 5.11 Å². The summed E-state index contributed by atoms with van der Waals surface area (Å²) >= 11 is 24.5. The number of amides is 1. The summed E-state index contributed by atoms with van der Waals surface area (Å²) in [4.78, 5) is 12.7. The molecule has 2 rings (SSSR count). The lowest BCUT2D eigenvalue weighted by atomic mass is 10.2. The number of hydrogen-bond acceptors (Lipinski definition) is 5. The second-order valence-electron chi connectivity index (χ2n) is 5.09. The van der Waals surface area contributed by atoms with E-state index in [1.807, 2.05) is 0 Å². The molecule has 6 nitrogen and oxygen atoms in total. The van der Waals surface area contributed by atoms with Crippen LogP contribution in [0.15, 0.2) is 35.7 Å². The van der Waals surface area contributed by atoms with Gasteiger partial charge >= 0.3 is 0 Å². The third kappa shape index (κ3) is 6.29. The number of ether oxygens (including phenoxy) is 2. The molecular weight excluding hydrogens is 453 g/mol. The largest absolute Gasteiger partial charge is 0.497 e. The van der Waals surface area contributed by atoms with Crippen LogP contribution in [0.5, 0.6) is 11.5 Å². The molecule has 3 N–H and O–H groups in total. The second-order valence-corrected chi connectivity index (χ2v) is 8.81. The Kier molecular flexibility index (Phi) is 7.81. The van der Waals surface area contributed by atoms with Crippen LogP contribution in [0.2, 0.25) is 0 Å². The van der Waals surface area contributed by atoms with Crippen molar-refractivity contribution in [1.29, 1.82) is 0 Å². The number of hydrogen-bond donors (Lipinski definition) is 3. The first-order chi connectivity index (χ1) is 12.7. The average Bonchev–Trinajstić information content (AvgIpc) is 3.15. The number of alkyl halides is 3. The minimum absolute atomic E-state index is 0.115. The van der Waals surface area contributed by atoms with Gasteiger partial charge in [-0.25, -0.2) is 0 Å². The fourth-order valence-electron chi connectivity index (χ4n) is 2.01. The van der Waals surface area contributed by atoms with Gasteiger partial charge in [0.05, 0.1) is 24.8 Å². The highest BCUT2D eigenvalue weighted by Gasteiger charge is 2.35. The van der Waals surface area contributed by atoms with Gasteiger partial charge in [-0.05, 0) is 35.8 Å². The summed E-state index contributed by atoms with van der Waals surface area (Å²) in [5, 5.41) is 10.2. The summed E-state index contributed by atoms with van der Waals surface area (Å²) in [6.07, 6.45) is -1.08. The summed E-state index contributed by atoms with van der Waals surface area (Å²) in [6, 6.07) is 8.56. The summed E-state index contributed by atoms with van der Waals surface area (Å²) in [5.74, 6) is 0.744. The molecule has 27 heavy (non-hydrogen) atoms. The molecule has 0 aliphatic rings. The lowest BCUT2D eigenvalue weighted by molar-refractivity contribution is 0.0938. The molecule has 1 atom stereocenters. The molecule has 0 bridgehead atoms. The molecule has 1 aromatic heterocycles. The number of carbonyl (C=O) groups excluding carboxylic acids is 1. The summed E-state index contributed by atoms with van der Waals surface area (Å²) < 4.78 is 8.62. The highest BCUT2D eigenvalue weighted by atomic mass is 35.6. The van der Waals surface area contributed by atoms with Crippen LogP contribution in [0.3, 0.4) is 0 Å². The number of carbonyl (C=O) groups is 1. The Morgan fingerprint density at radius 3 is 2.48 bits per heavy atom. The molecule has 0 spiro atoms. The van der Waals surface area contributed by atoms with Crippen LogP contribution < -0.4 is 25.4 Å². The van der Waals surface area contributed by atoms with Crippen LogP contribution in [-0.2, 0) is 0 Å². The first-order valence-corrected chi connectivity index (χ1v) is 9.87. The van der Waals surface area contributed by atoms with Crippen LogP contribution in [0.25, 0.3) is 0 Å². The van der Waals surface area contributed by atoms with Crippen LogP contribution in [0.4, 0.5) is 5.69 Å². The van der Waals surface area contributed by atoms with E-state index in [4.69, 9.17) is 56.5 Å². The smallest absolute Gasteiger partial charge is 0.263 e. The zero-order valence-electron chi connectivity index (χ0n) is 14.2. The third-order valence-corrected chi connectivity index (χ3v) is 5.02. The van der Waals surface area contributed by atoms with Crippen LogP contribution in [0.1, 0.15) is 9.67 Å². The van der Waals surface area contributed by atoms with Crippen molar-refractivity contribution in [3.05, 3.63) is 40.6 Å². The van der Waals surface area contributed by atoms with E-state index in [0.717, 1.165) is 0 Å². The molecule has 1 aromatic carbocycles. The molecular formula is C16H16Cl3N3O3S2. The third-order valence-electron chi connectivity index (χ3n) is 3.28. The topological polar surface area (TPSA) is 71.6 Å². The van der Waals surface area contributed by atoms with Gasteiger partial charge in [-0.2, -0.15) is 0 Å². The minimum Gasteiger partial charge on any atom is -0.497 e.